The molecule has 0 saturated heterocycles. The van der Waals surface area contributed by atoms with E-state index in [2.05, 4.69) is 11.2 Å². The van der Waals surface area contributed by atoms with E-state index < -0.39 is 4.92 Å². The summed E-state index contributed by atoms with van der Waals surface area (Å²) in [6.45, 7) is 2.36. The number of aryl methyl sites for hydroxylation is 1. The van der Waals surface area contributed by atoms with Gasteiger partial charge in [0.05, 0.1) is 4.92 Å². The van der Waals surface area contributed by atoms with Crippen molar-refractivity contribution >= 4 is 11.4 Å². The number of nitrogens with zero attached hydrogens (tertiary/aromatic N) is 1. The molecule has 0 aromatic heterocycles. The standard InChI is InChI=1S/C11H12N2O2/c1-3-4-7-12-10-6-5-9(2)8-11(10)13(14)15/h1,5-6,8,12H,4,7H2,2H3. The third kappa shape index (κ3) is 2.99. The van der Waals surface area contributed by atoms with Crippen molar-refractivity contribution < 1.29 is 4.92 Å². The number of rotatable bonds is 4. The lowest BCUT2D eigenvalue weighted by Gasteiger charge is -2.05. The van der Waals surface area contributed by atoms with E-state index in [1.807, 2.05) is 13.0 Å². The van der Waals surface area contributed by atoms with Crippen LogP contribution in [0.15, 0.2) is 18.2 Å². The van der Waals surface area contributed by atoms with Gasteiger partial charge in [-0.25, -0.2) is 0 Å². The molecule has 0 spiro atoms. The zero-order chi connectivity index (χ0) is 11.3. The van der Waals surface area contributed by atoms with E-state index in [0.717, 1.165) is 5.56 Å². The first-order valence-electron chi connectivity index (χ1n) is 4.57. The molecule has 1 N–H and O–H groups in total. The summed E-state index contributed by atoms with van der Waals surface area (Å²) < 4.78 is 0. The Kier molecular flexibility index (Phi) is 3.69. The topological polar surface area (TPSA) is 55.2 Å². The molecule has 4 heteroatoms. The molecular formula is C11H12N2O2. The van der Waals surface area contributed by atoms with Crippen LogP contribution in [-0.4, -0.2) is 11.5 Å². The Hall–Kier alpha value is -2.02. The predicted octanol–water partition coefficient (Wildman–Crippen LogP) is 2.34. The van der Waals surface area contributed by atoms with Crippen molar-refractivity contribution in [2.45, 2.75) is 13.3 Å². The maximum absolute atomic E-state index is 10.7. The van der Waals surface area contributed by atoms with Crippen LogP contribution in [0.3, 0.4) is 0 Å². The summed E-state index contributed by atoms with van der Waals surface area (Å²) in [7, 11) is 0. The second kappa shape index (κ2) is 5.01. The zero-order valence-corrected chi connectivity index (χ0v) is 8.49. The van der Waals surface area contributed by atoms with Gasteiger partial charge in [-0.1, -0.05) is 6.07 Å². The summed E-state index contributed by atoms with van der Waals surface area (Å²) in [5, 5.41) is 13.7. The summed E-state index contributed by atoms with van der Waals surface area (Å²) >= 11 is 0. The molecule has 0 aliphatic rings. The van der Waals surface area contributed by atoms with E-state index in [4.69, 9.17) is 6.42 Å². The van der Waals surface area contributed by atoms with E-state index >= 15 is 0 Å². The van der Waals surface area contributed by atoms with Gasteiger partial charge in [-0.05, 0) is 18.6 Å². The Labute approximate surface area is 88.5 Å². The van der Waals surface area contributed by atoms with Crippen LogP contribution in [0.25, 0.3) is 0 Å². The van der Waals surface area contributed by atoms with Crippen LogP contribution in [-0.2, 0) is 0 Å². The highest BCUT2D eigenvalue weighted by molar-refractivity contribution is 5.62. The third-order valence-corrected chi connectivity index (χ3v) is 1.93. The second-order valence-corrected chi connectivity index (χ2v) is 3.16. The van der Waals surface area contributed by atoms with Crippen LogP contribution in [0.2, 0.25) is 0 Å². The Bertz CT molecular complexity index is 408. The Morgan fingerprint density at radius 3 is 2.93 bits per heavy atom. The first kappa shape index (κ1) is 11.1. The summed E-state index contributed by atoms with van der Waals surface area (Å²) in [4.78, 5) is 10.3. The highest BCUT2D eigenvalue weighted by Crippen LogP contribution is 2.24. The van der Waals surface area contributed by atoms with Crippen LogP contribution in [0.5, 0.6) is 0 Å². The van der Waals surface area contributed by atoms with Crippen LogP contribution in [0.1, 0.15) is 12.0 Å². The maximum Gasteiger partial charge on any atom is 0.292 e. The molecule has 0 saturated carbocycles. The maximum atomic E-state index is 10.7. The van der Waals surface area contributed by atoms with E-state index in [1.54, 1.807) is 6.07 Å². The Morgan fingerprint density at radius 1 is 1.60 bits per heavy atom. The van der Waals surface area contributed by atoms with E-state index in [0.29, 0.717) is 18.7 Å². The van der Waals surface area contributed by atoms with Crippen molar-refractivity contribution in [1.82, 2.24) is 0 Å². The zero-order valence-electron chi connectivity index (χ0n) is 8.49. The fraction of sp³-hybridized carbons (Fsp3) is 0.273. The van der Waals surface area contributed by atoms with Gasteiger partial charge in [0.15, 0.2) is 0 Å². The number of terminal acetylenes is 1. The van der Waals surface area contributed by atoms with E-state index in [1.165, 1.54) is 6.07 Å². The summed E-state index contributed by atoms with van der Waals surface area (Å²) in [5.41, 5.74) is 1.47. The van der Waals surface area contributed by atoms with Crippen molar-refractivity contribution in [2.24, 2.45) is 0 Å². The normalized spacial score (nSPS) is 9.33. The van der Waals surface area contributed by atoms with Gasteiger partial charge in [-0.15, -0.1) is 12.3 Å². The van der Waals surface area contributed by atoms with Crippen molar-refractivity contribution in [3.05, 3.63) is 33.9 Å². The second-order valence-electron chi connectivity index (χ2n) is 3.16. The number of nitro benzene ring substituents is 1. The lowest BCUT2D eigenvalue weighted by molar-refractivity contribution is -0.384. The molecule has 0 fully saturated rings. The molecule has 78 valence electrons. The third-order valence-electron chi connectivity index (χ3n) is 1.93. The lowest BCUT2D eigenvalue weighted by Crippen LogP contribution is -2.03. The quantitative estimate of drug-likeness (QED) is 0.354. The number of anilines is 1. The molecule has 0 unspecified atom stereocenters. The molecule has 1 aromatic rings. The monoisotopic (exact) mass is 204 g/mol. The van der Waals surface area contributed by atoms with Gasteiger partial charge in [0.25, 0.3) is 5.69 Å². The average Bonchev–Trinajstić information content (AvgIpc) is 2.20. The molecule has 0 heterocycles. The first-order chi connectivity index (χ1) is 7.15. The van der Waals surface area contributed by atoms with Gasteiger partial charge in [-0.2, -0.15) is 0 Å². The fourth-order valence-corrected chi connectivity index (χ4v) is 1.21. The molecule has 1 aromatic carbocycles. The Balaban J connectivity index is 2.87. The number of benzene rings is 1. The molecule has 0 aliphatic carbocycles. The minimum atomic E-state index is -0.398. The van der Waals surface area contributed by atoms with Gasteiger partial charge in [0.2, 0.25) is 0 Å². The van der Waals surface area contributed by atoms with Gasteiger partial charge in [0, 0.05) is 19.0 Å². The van der Waals surface area contributed by atoms with Crippen molar-refractivity contribution in [3.8, 4) is 12.3 Å². The van der Waals surface area contributed by atoms with Crippen molar-refractivity contribution in [2.75, 3.05) is 11.9 Å². The Morgan fingerprint density at radius 2 is 2.33 bits per heavy atom. The number of hydrogen-bond donors (Lipinski definition) is 1. The van der Waals surface area contributed by atoms with Crippen LogP contribution in [0, 0.1) is 29.4 Å². The van der Waals surface area contributed by atoms with Crippen LogP contribution < -0.4 is 5.32 Å². The molecular weight excluding hydrogens is 192 g/mol. The van der Waals surface area contributed by atoms with Gasteiger partial charge >= 0.3 is 0 Å². The predicted molar refractivity (Wildman–Crippen MR) is 59.8 cm³/mol. The minimum absolute atomic E-state index is 0.0898. The fourth-order valence-electron chi connectivity index (χ4n) is 1.21. The minimum Gasteiger partial charge on any atom is -0.379 e. The molecule has 4 nitrogen and oxygen atoms in total. The number of nitro groups is 1. The molecule has 0 atom stereocenters. The summed E-state index contributed by atoms with van der Waals surface area (Å²) in [6, 6.07) is 5.06. The van der Waals surface area contributed by atoms with E-state index in [-0.39, 0.29) is 5.69 Å². The highest BCUT2D eigenvalue weighted by atomic mass is 16.6. The largest absolute Gasteiger partial charge is 0.379 e. The summed E-state index contributed by atoms with van der Waals surface area (Å²) in [6.07, 6.45) is 5.64. The van der Waals surface area contributed by atoms with Gasteiger partial charge in [0.1, 0.15) is 5.69 Å². The first-order valence-corrected chi connectivity index (χ1v) is 4.57. The van der Waals surface area contributed by atoms with Gasteiger partial charge < -0.3 is 5.32 Å². The highest BCUT2D eigenvalue weighted by Gasteiger charge is 2.12. The van der Waals surface area contributed by atoms with Crippen molar-refractivity contribution in [3.63, 3.8) is 0 Å². The molecule has 0 aliphatic heterocycles. The molecule has 0 bridgehead atoms. The van der Waals surface area contributed by atoms with Crippen molar-refractivity contribution in [1.29, 1.82) is 0 Å². The molecule has 1 rings (SSSR count). The summed E-state index contributed by atoms with van der Waals surface area (Å²) in [5.74, 6) is 2.47. The lowest BCUT2D eigenvalue weighted by atomic mass is 10.2. The van der Waals surface area contributed by atoms with Crippen LogP contribution in [0.4, 0.5) is 11.4 Å². The molecule has 0 amide bonds. The molecule has 0 radical (unpaired) electrons. The average molecular weight is 204 g/mol. The SMILES string of the molecule is C#CCCNc1ccc(C)cc1[N+](=O)[O-]. The number of nitrogens with one attached hydrogen (secondary N) is 1. The number of hydrogen-bond acceptors (Lipinski definition) is 3. The van der Waals surface area contributed by atoms with Crippen LogP contribution >= 0.6 is 0 Å². The van der Waals surface area contributed by atoms with E-state index in [9.17, 15) is 10.1 Å². The van der Waals surface area contributed by atoms with Gasteiger partial charge in [-0.3, -0.25) is 10.1 Å². The smallest absolute Gasteiger partial charge is 0.292 e. The molecule has 15 heavy (non-hydrogen) atoms.